The van der Waals surface area contributed by atoms with Crippen LogP contribution in [0, 0.1) is 13.8 Å². The molecule has 0 atom stereocenters. The van der Waals surface area contributed by atoms with Crippen molar-refractivity contribution in [2.75, 3.05) is 10.7 Å². The number of alkyl halides is 2. The van der Waals surface area contributed by atoms with Crippen LogP contribution in [0.25, 0.3) is 0 Å². The Labute approximate surface area is 148 Å². The lowest BCUT2D eigenvalue weighted by Crippen LogP contribution is -2.05. The molecule has 0 heterocycles. The molecule has 2 nitrogen and oxygen atoms in total. The van der Waals surface area contributed by atoms with Crippen LogP contribution < -0.4 is 0 Å². The average Bonchev–Trinajstić information content (AvgIpc) is 2.54. The van der Waals surface area contributed by atoms with Crippen molar-refractivity contribution in [2.45, 2.75) is 13.8 Å². The number of hydrogen-bond acceptors (Lipinski definition) is 2. The average molecular weight is 422 g/mol. The minimum Gasteiger partial charge on any atom is -0.154 e. The van der Waals surface area contributed by atoms with E-state index in [2.05, 4.69) is 104 Å². The van der Waals surface area contributed by atoms with Crippen LogP contribution in [0.5, 0.6) is 0 Å². The van der Waals surface area contributed by atoms with E-state index in [1.54, 1.807) is 0 Å². The SMILES string of the molecule is Cc1ccc(/C(CBr)=N/N=C(\CBr)c2ccc(C)cc2)cc1. The van der Waals surface area contributed by atoms with Crippen molar-refractivity contribution < 1.29 is 0 Å². The number of hydrogen-bond donors (Lipinski definition) is 0. The molecule has 0 aliphatic carbocycles. The molecule has 0 aliphatic rings. The van der Waals surface area contributed by atoms with Gasteiger partial charge in [-0.2, -0.15) is 10.2 Å². The summed E-state index contributed by atoms with van der Waals surface area (Å²) in [6.45, 7) is 4.15. The van der Waals surface area contributed by atoms with Crippen LogP contribution in [0.15, 0.2) is 58.7 Å². The Morgan fingerprint density at radius 1 is 0.682 bits per heavy atom. The fourth-order valence-corrected chi connectivity index (χ4v) is 2.81. The highest BCUT2D eigenvalue weighted by atomic mass is 79.9. The fraction of sp³-hybridized carbons (Fsp3) is 0.222. The van der Waals surface area contributed by atoms with E-state index in [1.807, 2.05) is 0 Å². The van der Waals surface area contributed by atoms with Gasteiger partial charge in [-0.15, -0.1) is 0 Å². The van der Waals surface area contributed by atoms with E-state index < -0.39 is 0 Å². The monoisotopic (exact) mass is 420 g/mol. The minimum atomic E-state index is 0.670. The summed E-state index contributed by atoms with van der Waals surface area (Å²) in [5, 5.41) is 10.2. The molecule has 0 N–H and O–H groups in total. The topological polar surface area (TPSA) is 24.7 Å². The summed E-state index contributed by atoms with van der Waals surface area (Å²) in [4.78, 5) is 0. The van der Waals surface area contributed by atoms with Crippen LogP contribution in [0.2, 0.25) is 0 Å². The Hall–Kier alpha value is -1.26. The van der Waals surface area contributed by atoms with E-state index in [9.17, 15) is 0 Å². The maximum Gasteiger partial charge on any atom is 0.0808 e. The predicted molar refractivity (Wildman–Crippen MR) is 103 cm³/mol. The molecule has 2 aromatic rings. The molecule has 0 saturated heterocycles. The molecule has 22 heavy (non-hydrogen) atoms. The summed E-state index contributed by atoms with van der Waals surface area (Å²) >= 11 is 6.99. The van der Waals surface area contributed by atoms with E-state index in [4.69, 9.17) is 0 Å². The third kappa shape index (κ3) is 4.62. The Morgan fingerprint density at radius 3 is 1.27 bits per heavy atom. The highest BCUT2D eigenvalue weighted by Gasteiger charge is 2.04. The summed E-state index contributed by atoms with van der Waals surface area (Å²) in [5.41, 5.74) is 6.49. The normalized spacial score (nSPS) is 12.5. The Balaban J connectivity index is 2.31. The first-order valence-electron chi connectivity index (χ1n) is 7.03. The van der Waals surface area contributed by atoms with Crippen LogP contribution in [0.4, 0.5) is 0 Å². The van der Waals surface area contributed by atoms with E-state index in [-0.39, 0.29) is 0 Å². The maximum atomic E-state index is 4.44. The molecule has 4 heteroatoms. The Bertz CT molecular complexity index is 610. The maximum absolute atomic E-state index is 4.44. The lowest BCUT2D eigenvalue weighted by Gasteiger charge is -2.04. The first-order valence-corrected chi connectivity index (χ1v) is 9.27. The molecular formula is C18H18Br2N2. The largest absolute Gasteiger partial charge is 0.154 e. The minimum absolute atomic E-state index is 0.670. The van der Waals surface area contributed by atoms with Crippen molar-refractivity contribution in [1.82, 2.24) is 0 Å². The molecule has 0 aliphatic heterocycles. The first-order chi connectivity index (χ1) is 10.6. The molecule has 0 aromatic heterocycles. The first kappa shape index (κ1) is 17.1. The van der Waals surface area contributed by atoms with Gasteiger partial charge in [0.2, 0.25) is 0 Å². The number of nitrogens with zero attached hydrogens (tertiary/aromatic N) is 2. The van der Waals surface area contributed by atoms with Gasteiger partial charge in [0.25, 0.3) is 0 Å². The second-order valence-corrected chi connectivity index (χ2v) is 6.21. The Kier molecular flexibility index (Phi) is 6.52. The summed E-state index contributed by atoms with van der Waals surface area (Å²) in [7, 11) is 0. The zero-order chi connectivity index (χ0) is 15.9. The second kappa shape index (κ2) is 8.39. The lowest BCUT2D eigenvalue weighted by molar-refractivity contribution is 1.22. The Morgan fingerprint density at radius 2 is 1.00 bits per heavy atom. The molecular weight excluding hydrogens is 404 g/mol. The molecule has 2 aromatic carbocycles. The van der Waals surface area contributed by atoms with E-state index >= 15 is 0 Å². The van der Waals surface area contributed by atoms with Crippen molar-refractivity contribution in [1.29, 1.82) is 0 Å². The van der Waals surface area contributed by atoms with Gasteiger partial charge in [0.05, 0.1) is 11.4 Å². The summed E-state index contributed by atoms with van der Waals surface area (Å²) in [6.07, 6.45) is 0. The van der Waals surface area contributed by atoms with Crippen molar-refractivity contribution in [3.05, 3.63) is 70.8 Å². The van der Waals surface area contributed by atoms with Crippen molar-refractivity contribution in [3.63, 3.8) is 0 Å². The highest BCUT2D eigenvalue weighted by Crippen LogP contribution is 2.10. The van der Waals surface area contributed by atoms with Gasteiger partial charge in [-0.3, -0.25) is 0 Å². The van der Waals surface area contributed by atoms with Gasteiger partial charge in [0.15, 0.2) is 0 Å². The van der Waals surface area contributed by atoms with E-state index in [0.29, 0.717) is 10.7 Å². The number of halogens is 2. The molecule has 0 spiro atoms. The molecule has 0 radical (unpaired) electrons. The van der Waals surface area contributed by atoms with Crippen LogP contribution >= 0.6 is 31.9 Å². The van der Waals surface area contributed by atoms with Gasteiger partial charge >= 0.3 is 0 Å². The highest BCUT2D eigenvalue weighted by molar-refractivity contribution is 9.09. The number of aryl methyl sites for hydroxylation is 2. The van der Waals surface area contributed by atoms with Crippen molar-refractivity contribution in [2.24, 2.45) is 10.2 Å². The zero-order valence-corrected chi connectivity index (χ0v) is 15.9. The van der Waals surface area contributed by atoms with E-state index in [1.165, 1.54) is 11.1 Å². The predicted octanol–water partition coefficient (Wildman–Crippen LogP) is 5.29. The van der Waals surface area contributed by atoms with Crippen molar-refractivity contribution >= 4 is 43.3 Å². The van der Waals surface area contributed by atoms with E-state index in [0.717, 1.165) is 22.6 Å². The molecule has 114 valence electrons. The molecule has 0 saturated carbocycles. The smallest absolute Gasteiger partial charge is 0.0808 e. The number of rotatable bonds is 5. The summed E-state index contributed by atoms with van der Waals surface area (Å²) < 4.78 is 0. The van der Waals surface area contributed by atoms with Gasteiger partial charge in [0, 0.05) is 10.7 Å². The zero-order valence-electron chi connectivity index (χ0n) is 12.7. The quantitative estimate of drug-likeness (QED) is 0.356. The van der Waals surface area contributed by atoms with Crippen LogP contribution in [-0.2, 0) is 0 Å². The summed E-state index contributed by atoms with van der Waals surface area (Å²) in [5.74, 6) is 0. The fourth-order valence-electron chi connectivity index (χ4n) is 1.94. The third-order valence-corrected chi connectivity index (χ3v) is 4.38. The van der Waals surface area contributed by atoms with Gasteiger partial charge in [0.1, 0.15) is 0 Å². The van der Waals surface area contributed by atoms with Crippen LogP contribution in [0.3, 0.4) is 0 Å². The van der Waals surface area contributed by atoms with Crippen LogP contribution in [-0.4, -0.2) is 22.1 Å². The third-order valence-electron chi connectivity index (χ3n) is 3.31. The molecule has 0 fully saturated rings. The summed E-state index contributed by atoms with van der Waals surface area (Å²) in [6, 6.07) is 16.6. The van der Waals surface area contributed by atoms with Crippen LogP contribution in [0.1, 0.15) is 22.3 Å². The number of benzene rings is 2. The van der Waals surface area contributed by atoms with Crippen molar-refractivity contribution in [3.8, 4) is 0 Å². The van der Waals surface area contributed by atoms with Gasteiger partial charge < -0.3 is 0 Å². The standard InChI is InChI=1S/C18H18Br2N2/c1-13-3-7-15(8-4-13)17(11-19)21-22-18(12-20)16-9-5-14(2)6-10-16/h3-10H,11-12H2,1-2H3/b21-17+,22-18+. The molecule has 0 amide bonds. The molecule has 0 unspecified atom stereocenters. The van der Waals surface area contributed by atoms with Gasteiger partial charge in [-0.25, -0.2) is 0 Å². The molecule has 0 bridgehead atoms. The lowest BCUT2D eigenvalue weighted by atomic mass is 10.1. The molecule has 2 rings (SSSR count). The van der Waals surface area contributed by atoms with Gasteiger partial charge in [-0.1, -0.05) is 91.5 Å². The second-order valence-electron chi connectivity index (χ2n) is 5.09. The van der Waals surface area contributed by atoms with Gasteiger partial charge in [-0.05, 0) is 25.0 Å².